The molecule has 0 aliphatic heterocycles. The molecule has 0 heterocycles. The van der Waals surface area contributed by atoms with Crippen molar-refractivity contribution in [2.75, 3.05) is 0 Å². The highest BCUT2D eigenvalue weighted by molar-refractivity contribution is 5.20. The van der Waals surface area contributed by atoms with Gasteiger partial charge >= 0.3 is 0 Å². The van der Waals surface area contributed by atoms with E-state index in [4.69, 9.17) is 4.74 Å². The average molecular weight is 260 g/mol. The molecule has 19 heavy (non-hydrogen) atoms. The molecule has 0 spiro atoms. The van der Waals surface area contributed by atoms with Gasteiger partial charge in [-0.15, -0.1) is 19.1 Å². The lowest BCUT2D eigenvalue weighted by molar-refractivity contribution is -0.199. The molecule has 0 saturated carbocycles. The van der Waals surface area contributed by atoms with E-state index in [9.17, 15) is 5.11 Å². The summed E-state index contributed by atoms with van der Waals surface area (Å²) in [4.78, 5) is 0. The van der Waals surface area contributed by atoms with Gasteiger partial charge in [0.2, 0.25) is 0 Å². The summed E-state index contributed by atoms with van der Waals surface area (Å²) in [6.45, 7) is 11.2. The highest BCUT2D eigenvalue weighted by Crippen LogP contribution is 2.09. The van der Waals surface area contributed by atoms with Gasteiger partial charge in [-0.05, 0) is 26.3 Å². The zero-order chi connectivity index (χ0) is 14.7. The maximum Gasteiger partial charge on any atom is 0.160 e. The minimum atomic E-state index is -1.08. The normalized spacial score (nSPS) is 11.6. The zero-order valence-corrected chi connectivity index (χ0v) is 12.1. The van der Waals surface area contributed by atoms with Crippen molar-refractivity contribution in [1.29, 1.82) is 0 Å². The van der Waals surface area contributed by atoms with E-state index < -0.39 is 5.79 Å². The molecule has 0 aromatic heterocycles. The number of aliphatic hydroxyl groups is 1. The Morgan fingerprint density at radius 3 is 2.32 bits per heavy atom. The van der Waals surface area contributed by atoms with Crippen molar-refractivity contribution in [3.8, 4) is 11.8 Å². The van der Waals surface area contributed by atoms with Crippen molar-refractivity contribution in [1.82, 2.24) is 0 Å². The van der Waals surface area contributed by atoms with Gasteiger partial charge in [0.1, 0.15) is 0 Å². The Labute approximate surface area is 117 Å². The van der Waals surface area contributed by atoms with Crippen LogP contribution in [0.25, 0.3) is 0 Å². The van der Waals surface area contributed by atoms with Gasteiger partial charge in [0.25, 0.3) is 0 Å². The molecule has 1 unspecified atom stereocenters. The fourth-order valence-corrected chi connectivity index (χ4v) is 1.51. The molecule has 0 aliphatic rings. The maximum atomic E-state index is 9.45. The van der Waals surface area contributed by atoms with Crippen LogP contribution in [0.2, 0.25) is 0 Å². The average Bonchev–Trinajstić information content (AvgIpc) is 2.36. The van der Waals surface area contributed by atoms with E-state index in [0.717, 1.165) is 6.42 Å². The van der Waals surface area contributed by atoms with Crippen LogP contribution in [0.3, 0.4) is 0 Å². The number of hydrogen-bond acceptors (Lipinski definition) is 2. The Kier molecular flexibility index (Phi) is 8.61. The third kappa shape index (κ3) is 10.1. The summed E-state index contributed by atoms with van der Waals surface area (Å²) < 4.78 is 5.34. The molecule has 0 amide bonds. The summed E-state index contributed by atoms with van der Waals surface area (Å²) in [5.41, 5.74) is 1.22. The van der Waals surface area contributed by atoms with Crippen LogP contribution in [0.1, 0.15) is 32.8 Å². The first-order chi connectivity index (χ1) is 8.97. The van der Waals surface area contributed by atoms with Crippen molar-refractivity contribution in [2.45, 2.75) is 45.5 Å². The second kappa shape index (κ2) is 9.38. The summed E-state index contributed by atoms with van der Waals surface area (Å²) in [5.74, 6) is 5.09. The van der Waals surface area contributed by atoms with Gasteiger partial charge in [0.05, 0.1) is 6.10 Å². The summed E-state index contributed by atoms with van der Waals surface area (Å²) in [6, 6.07) is 10.1. The topological polar surface area (TPSA) is 29.5 Å². The predicted octanol–water partition coefficient (Wildman–Crippen LogP) is 3.56. The van der Waals surface area contributed by atoms with Crippen LogP contribution >= 0.6 is 0 Å². The molecule has 1 rings (SSSR count). The lowest BCUT2D eigenvalue weighted by Crippen LogP contribution is -2.28. The Bertz CT molecular complexity index is 393. The van der Waals surface area contributed by atoms with E-state index >= 15 is 0 Å². The van der Waals surface area contributed by atoms with Crippen LogP contribution in [0, 0.1) is 11.8 Å². The quantitative estimate of drug-likeness (QED) is 0.509. The van der Waals surface area contributed by atoms with E-state index in [0.29, 0.717) is 6.42 Å². The molecular formula is C17H24O2. The minimum Gasteiger partial charge on any atom is -0.366 e. The van der Waals surface area contributed by atoms with Crippen molar-refractivity contribution >= 4 is 0 Å². The Hall–Kier alpha value is -1.56. The smallest absolute Gasteiger partial charge is 0.160 e. The highest BCUT2D eigenvalue weighted by atomic mass is 16.6. The third-order valence-electron chi connectivity index (χ3n) is 2.14. The third-order valence-corrected chi connectivity index (χ3v) is 2.14. The molecule has 1 aromatic rings. The van der Waals surface area contributed by atoms with Gasteiger partial charge in [0, 0.05) is 12.8 Å². The Balaban J connectivity index is 0.00000154. The van der Waals surface area contributed by atoms with Crippen molar-refractivity contribution in [2.24, 2.45) is 0 Å². The fraction of sp³-hybridized carbons (Fsp3) is 0.412. The monoisotopic (exact) mass is 260 g/mol. The van der Waals surface area contributed by atoms with Gasteiger partial charge < -0.3 is 9.84 Å². The largest absolute Gasteiger partial charge is 0.366 e. The van der Waals surface area contributed by atoms with Crippen molar-refractivity contribution < 1.29 is 9.84 Å². The number of ether oxygens (including phenoxy) is 1. The summed E-state index contributed by atoms with van der Waals surface area (Å²) >= 11 is 0. The van der Waals surface area contributed by atoms with Crippen LogP contribution in [0.4, 0.5) is 0 Å². The molecule has 104 valence electrons. The molecule has 0 saturated heterocycles. The SMILES string of the molecule is C=C.CC(CC#CCc1ccccc1)OC(C)(C)O. The van der Waals surface area contributed by atoms with E-state index in [-0.39, 0.29) is 6.10 Å². The second-order valence-electron chi connectivity index (χ2n) is 4.60. The van der Waals surface area contributed by atoms with E-state index in [1.165, 1.54) is 5.56 Å². The van der Waals surface area contributed by atoms with Gasteiger partial charge in [-0.1, -0.05) is 36.3 Å². The molecule has 0 aliphatic carbocycles. The van der Waals surface area contributed by atoms with Crippen LogP contribution in [0.15, 0.2) is 43.5 Å². The van der Waals surface area contributed by atoms with Crippen molar-refractivity contribution in [3.63, 3.8) is 0 Å². The lowest BCUT2D eigenvalue weighted by atomic mass is 10.1. The van der Waals surface area contributed by atoms with E-state index in [1.54, 1.807) is 13.8 Å². The maximum absolute atomic E-state index is 9.45. The number of benzene rings is 1. The molecule has 2 heteroatoms. The number of hydrogen-bond donors (Lipinski definition) is 1. The first-order valence-electron chi connectivity index (χ1n) is 6.37. The highest BCUT2D eigenvalue weighted by Gasteiger charge is 2.15. The molecule has 0 fully saturated rings. The van der Waals surface area contributed by atoms with Crippen LogP contribution < -0.4 is 0 Å². The summed E-state index contributed by atoms with van der Waals surface area (Å²) in [6.07, 6.45) is 1.34. The molecule has 0 bridgehead atoms. The molecule has 2 nitrogen and oxygen atoms in total. The molecule has 1 atom stereocenters. The minimum absolute atomic E-state index is 0.0572. The summed E-state index contributed by atoms with van der Waals surface area (Å²) in [5, 5.41) is 9.45. The number of rotatable bonds is 4. The Morgan fingerprint density at radius 2 is 1.79 bits per heavy atom. The summed E-state index contributed by atoms with van der Waals surface area (Å²) in [7, 11) is 0. The first-order valence-corrected chi connectivity index (χ1v) is 6.37. The van der Waals surface area contributed by atoms with Crippen LogP contribution in [-0.2, 0) is 11.2 Å². The predicted molar refractivity (Wildman–Crippen MR) is 80.6 cm³/mol. The van der Waals surface area contributed by atoms with E-state index in [1.807, 2.05) is 25.1 Å². The van der Waals surface area contributed by atoms with Gasteiger partial charge in [-0.3, -0.25) is 0 Å². The Morgan fingerprint density at radius 1 is 1.21 bits per heavy atom. The fourth-order valence-electron chi connectivity index (χ4n) is 1.51. The first kappa shape index (κ1) is 17.4. The second-order valence-corrected chi connectivity index (χ2v) is 4.60. The van der Waals surface area contributed by atoms with Crippen LogP contribution in [-0.4, -0.2) is 17.0 Å². The zero-order valence-electron chi connectivity index (χ0n) is 12.1. The van der Waals surface area contributed by atoms with Gasteiger partial charge in [-0.25, -0.2) is 0 Å². The molecule has 1 aromatic carbocycles. The van der Waals surface area contributed by atoms with Crippen molar-refractivity contribution in [3.05, 3.63) is 49.1 Å². The van der Waals surface area contributed by atoms with Gasteiger partial charge in [0.15, 0.2) is 5.79 Å². The van der Waals surface area contributed by atoms with E-state index in [2.05, 4.69) is 37.1 Å². The molecule has 1 N–H and O–H groups in total. The molecule has 0 radical (unpaired) electrons. The standard InChI is InChI=1S/C15H20O2.C2H4/c1-13(17-15(2,3)16)9-7-8-12-14-10-5-4-6-11-14;1-2/h4-6,10-11,13,16H,9,12H2,1-3H3;1-2H2. The molecular weight excluding hydrogens is 236 g/mol. The van der Waals surface area contributed by atoms with Gasteiger partial charge in [-0.2, -0.15) is 0 Å². The van der Waals surface area contributed by atoms with Crippen LogP contribution in [0.5, 0.6) is 0 Å². The lowest BCUT2D eigenvalue weighted by Gasteiger charge is -2.22.